The summed E-state index contributed by atoms with van der Waals surface area (Å²) in [5, 5.41) is 5.52. The minimum Gasteiger partial charge on any atom is -0.465 e. The van der Waals surface area contributed by atoms with Crippen molar-refractivity contribution in [3.63, 3.8) is 0 Å². The first-order valence-corrected chi connectivity index (χ1v) is 9.26. The molecule has 0 atom stereocenters. The molecule has 1 aromatic heterocycles. The predicted octanol–water partition coefficient (Wildman–Crippen LogP) is 4.26. The first kappa shape index (κ1) is 20.5. The van der Waals surface area contributed by atoms with Crippen molar-refractivity contribution >= 4 is 17.9 Å². The first-order chi connectivity index (χ1) is 12.8. The van der Waals surface area contributed by atoms with E-state index in [1.165, 1.54) is 12.3 Å². The Morgan fingerprint density at radius 3 is 2.37 bits per heavy atom. The molecule has 1 aromatic carbocycles. The van der Waals surface area contributed by atoms with Gasteiger partial charge in [0.05, 0.1) is 6.26 Å². The number of unbranched alkanes of at least 4 members (excludes halogenated alkanes) is 1. The van der Waals surface area contributed by atoms with Gasteiger partial charge in [-0.25, -0.2) is 0 Å². The Morgan fingerprint density at radius 1 is 1.11 bits per heavy atom. The Morgan fingerprint density at radius 2 is 1.81 bits per heavy atom. The molecule has 0 aliphatic heterocycles. The average molecular weight is 368 g/mol. The molecular weight excluding hydrogens is 340 g/mol. The van der Waals surface area contributed by atoms with Gasteiger partial charge in [-0.2, -0.15) is 0 Å². The summed E-state index contributed by atoms with van der Waals surface area (Å²) in [6.07, 6.45) is 4.90. The highest BCUT2D eigenvalue weighted by atomic mass is 16.3. The molecule has 0 aliphatic rings. The molecule has 0 saturated heterocycles. The van der Waals surface area contributed by atoms with Crippen LogP contribution in [0.15, 0.2) is 52.8 Å². The van der Waals surface area contributed by atoms with Gasteiger partial charge in [0.15, 0.2) is 0 Å². The van der Waals surface area contributed by atoms with Crippen molar-refractivity contribution in [3.05, 3.63) is 65.2 Å². The van der Waals surface area contributed by atoms with Gasteiger partial charge in [0.2, 0.25) is 0 Å². The first-order valence-electron chi connectivity index (χ1n) is 9.26. The van der Waals surface area contributed by atoms with Gasteiger partial charge in [0.25, 0.3) is 11.8 Å². The van der Waals surface area contributed by atoms with Crippen molar-refractivity contribution in [2.24, 2.45) is 0 Å². The number of rotatable bonds is 7. The summed E-state index contributed by atoms with van der Waals surface area (Å²) in [5.41, 5.74) is 1.81. The predicted molar refractivity (Wildman–Crippen MR) is 107 cm³/mol. The van der Waals surface area contributed by atoms with Crippen molar-refractivity contribution in [1.82, 2.24) is 10.6 Å². The molecule has 0 fully saturated rings. The van der Waals surface area contributed by atoms with Gasteiger partial charge in [-0.3, -0.25) is 9.59 Å². The van der Waals surface area contributed by atoms with Gasteiger partial charge in [-0.05, 0) is 41.7 Å². The van der Waals surface area contributed by atoms with E-state index in [4.69, 9.17) is 4.42 Å². The van der Waals surface area contributed by atoms with Gasteiger partial charge in [0.1, 0.15) is 11.5 Å². The Hall–Kier alpha value is -2.82. The second kappa shape index (κ2) is 9.21. The van der Waals surface area contributed by atoms with Gasteiger partial charge in [0, 0.05) is 18.2 Å². The summed E-state index contributed by atoms with van der Waals surface area (Å²) in [6, 6.07) is 10.9. The van der Waals surface area contributed by atoms with Gasteiger partial charge in [-0.1, -0.05) is 46.2 Å². The SMILES string of the molecule is CCCCNC(=O)C(=Cc1ccco1)NC(=O)c1ccc(C(C)(C)C)cc1. The molecule has 0 saturated carbocycles. The number of carbonyl (C=O) groups is 2. The Labute approximate surface area is 160 Å². The fourth-order valence-corrected chi connectivity index (χ4v) is 2.46. The maximum Gasteiger partial charge on any atom is 0.267 e. The molecule has 1 heterocycles. The fraction of sp³-hybridized carbons (Fsp3) is 0.364. The van der Waals surface area contributed by atoms with E-state index in [-0.39, 0.29) is 22.9 Å². The van der Waals surface area contributed by atoms with Crippen LogP contribution < -0.4 is 10.6 Å². The zero-order valence-electron chi connectivity index (χ0n) is 16.5. The summed E-state index contributed by atoms with van der Waals surface area (Å²) in [5.74, 6) is -0.169. The van der Waals surface area contributed by atoms with Crippen LogP contribution in [-0.4, -0.2) is 18.4 Å². The lowest BCUT2D eigenvalue weighted by atomic mass is 9.87. The third-order valence-corrected chi connectivity index (χ3v) is 4.15. The maximum absolute atomic E-state index is 12.6. The highest BCUT2D eigenvalue weighted by molar-refractivity contribution is 6.05. The molecule has 27 heavy (non-hydrogen) atoms. The molecule has 5 heteroatoms. The molecule has 0 radical (unpaired) electrons. The highest BCUT2D eigenvalue weighted by Crippen LogP contribution is 2.22. The minimum atomic E-state index is -0.334. The molecule has 2 N–H and O–H groups in total. The molecule has 0 spiro atoms. The number of furan rings is 1. The van der Waals surface area contributed by atoms with E-state index in [0.29, 0.717) is 17.9 Å². The summed E-state index contributed by atoms with van der Waals surface area (Å²) < 4.78 is 5.27. The number of hydrogen-bond acceptors (Lipinski definition) is 3. The van der Waals surface area contributed by atoms with Crippen molar-refractivity contribution in [3.8, 4) is 0 Å². The zero-order chi connectivity index (χ0) is 19.9. The number of carbonyl (C=O) groups excluding carboxylic acids is 2. The van der Waals surface area contributed by atoms with Crippen LogP contribution in [0.4, 0.5) is 0 Å². The van der Waals surface area contributed by atoms with Gasteiger partial charge in [-0.15, -0.1) is 0 Å². The number of hydrogen-bond donors (Lipinski definition) is 2. The lowest BCUT2D eigenvalue weighted by Crippen LogP contribution is -2.35. The second-order valence-corrected chi connectivity index (χ2v) is 7.46. The molecule has 2 aromatic rings. The topological polar surface area (TPSA) is 71.3 Å². The van der Waals surface area contributed by atoms with Crippen LogP contribution in [0.5, 0.6) is 0 Å². The van der Waals surface area contributed by atoms with Crippen molar-refractivity contribution < 1.29 is 14.0 Å². The Kier molecular flexibility index (Phi) is 6.99. The quantitative estimate of drug-likeness (QED) is 0.566. The van der Waals surface area contributed by atoms with E-state index in [1.807, 2.05) is 12.1 Å². The van der Waals surface area contributed by atoms with Crippen molar-refractivity contribution in [2.45, 2.75) is 46.0 Å². The zero-order valence-corrected chi connectivity index (χ0v) is 16.5. The number of benzene rings is 1. The molecule has 0 unspecified atom stereocenters. The second-order valence-electron chi connectivity index (χ2n) is 7.46. The van der Waals surface area contributed by atoms with Gasteiger partial charge < -0.3 is 15.1 Å². The molecule has 0 bridgehead atoms. The maximum atomic E-state index is 12.6. The van der Waals surface area contributed by atoms with E-state index < -0.39 is 0 Å². The molecule has 2 amide bonds. The normalized spacial score (nSPS) is 11.9. The Balaban J connectivity index is 2.16. The largest absolute Gasteiger partial charge is 0.465 e. The van der Waals surface area contributed by atoms with Gasteiger partial charge >= 0.3 is 0 Å². The minimum absolute atomic E-state index is 0.0124. The van der Waals surface area contributed by atoms with Crippen LogP contribution in [-0.2, 0) is 10.2 Å². The summed E-state index contributed by atoms with van der Waals surface area (Å²) in [6.45, 7) is 8.96. The molecular formula is C22H28N2O3. The van der Waals surface area contributed by atoms with Crippen LogP contribution in [0.2, 0.25) is 0 Å². The van der Waals surface area contributed by atoms with Crippen LogP contribution in [0.1, 0.15) is 62.2 Å². The Bertz CT molecular complexity index is 782. The van der Waals surface area contributed by atoms with Crippen LogP contribution >= 0.6 is 0 Å². The van der Waals surface area contributed by atoms with E-state index in [9.17, 15) is 9.59 Å². The third kappa shape index (κ3) is 6.13. The van der Waals surface area contributed by atoms with Crippen LogP contribution in [0.25, 0.3) is 6.08 Å². The summed E-state index contributed by atoms with van der Waals surface area (Å²) in [4.78, 5) is 25.1. The smallest absolute Gasteiger partial charge is 0.267 e. The fourth-order valence-electron chi connectivity index (χ4n) is 2.46. The monoisotopic (exact) mass is 368 g/mol. The lowest BCUT2D eigenvalue weighted by molar-refractivity contribution is -0.117. The summed E-state index contributed by atoms with van der Waals surface area (Å²) >= 11 is 0. The molecule has 144 valence electrons. The van der Waals surface area contributed by atoms with Crippen LogP contribution in [0, 0.1) is 0 Å². The molecule has 5 nitrogen and oxygen atoms in total. The van der Waals surface area contributed by atoms with Crippen LogP contribution in [0.3, 0.4) is 0 Å². The summed E-state index contributed by atoms with van der Waals surface area (Å²) in [7, 11) is 0. The van der Waals surface area contributed by atoms with E-state index >= 15 is 0 Å². The average Bonchev–Trinajstić information content (AvgIpc) is 3.13. The third-order valence-electron chi connectivity index (χ3n) is 4.15. The van der Waals surface area contributed by atoms with E-state index in [2.05, 4.69) is 38.3 Å². The number of nitrogens with one attached hydrogen (secondary N) is 2. The van der Waals surface area contributed by atoms with Crippen molar-refractivity contribution in [1.29, 1.82) is 0 Å². The molecule has 0 aliphatic carbocycles. The number of amides is 2. The molecule has 2 rings (SSSR count). The van der Waals surface area contributed by atoms with E-state index in [0.717, 1.165) is 18.4 Å². The lowest BCUT2D eigenvalue weighted by Gasteiger charge is -2.19. The van der Waals surface area contributed by atoms with Crippen molar-refractivity contribution in [2.75, 3.05) is 6.54 Å². The highest BCUT2D eigenvalue weighted by Gasteiger charge is 2.17. The van der Waals surface area contributed by atoms with E-state index in [1.54, 1.807) is 24.3 Å². The standard InChI is InChI=1S/C22H28N2O3/c1-5-6-13-23-21(26)19(15-18-8-7-14-27-18)24-20(25)16-9-11-17(12-10-16)22(2,3)4/h7-12,14-15H,5-6,13H2,1-4H3,(H,23,26)(H,24,25).